The van der Waals surface area contributed by atoms with Gasteiger partial charge in [0.25, 0.3) is 0 Å². The van der Waals surface area contributed by atoms with Crippen LogP contribution in [0.25, 0.3) is 0 Å². The monoisotopic (exact) mass is 339 g/mol. The summed E-state index contributed by atoms with van der Waals surface area (Å²) in [6.45, 7) is 0. The lowest BCUT2D eigenvalue weighted by Crippen LogP contribution is -2.20. The first-order chi connectivity index (χ1) is 8.25. The zero-order chi connectivity index (χ0) is 12.1. The molecule has 0 unspecified atom stereocenters. The van der Waals surface area contributed by atoms with Crippen molar-refractivity contribution in [1.29, 1.82) is 0 Å². The molecule has 1 aromatic heterocycles. The van der Waals surface area contributed by atoms with E-state index in [1.807, 2.05) is 30.3 Å². The van der Waals surface area contributed by atoms with Crippen LogP contribution in [-0.2, 0) is 0 Å². The zero-order valence-corrected chi connectivity index (χ0v) is 11.0. The molecule has 5 heteroatoms. The van der Waals surface area contributed by atoms with E-state index in [4.69, 9.17) is 0 Å². The number of hydrogen-bond acceptors (Lipinski definition) is 2. The first-order valence-electron chi connectivity index (χ1n) is 4.99. The average Bonchev–Trinajstić information content (AvgIpc) is 2.33. The van der Waals surface area contributed by atoms with Crippen molar-refractivity contribution in [2.45, 2.75) is 0 Å². The third-order valence-electron chi connectivity index (χ3n) is 2.03. The highest BCUT2D eigenvalue weighted by Crippen LogP contribution is 2.17. The molecule has 2 aromatic rings. The summed E-state index contributed by atoms with van der Waals surface area (Å²) in [6.07, 6.45) is 1.63. The van der Waals surface area contributed by atoms with Crippen molar-refractivity contribution < 1.29 is 4.79 Å². The molecule has 2 rings (SSSR count). The van der Waals surface area contributed by atoms with E-state index in [9.17, 15) is 4.79 Å². The van der Waals surface area contributed by atoms with Gasteiger partial charge >= 0.3 is 6.03 Å². The number of nitrogens with one attached hydrogen (secondary N) is 2. The standard InChI is InChI=1S/C12H10IN3O/c13-9-5-1-2-6-10(9)15-12(17)16-11-7-3-4-8-14-11/h1-8H,(H2,14,15,16,17). The highest BCUT2D eigenvalue weighted by Gasteiger charge is 2.04. The minimum absolute atomic E-state index is 0.298. The van der Waals surface area contributed by atoms with Crippen molar-refractivity contribution in [3.05, 3.63) is 52.2 Å². The Balaban J connectivity index is 2.01. The van der Waals surface area contributed by atoms with Gasteiger partial charge in [-0.3, -0.25) is 5.32 Å². The second-order valence-electron chi connectivity index (χ2n) is 3.27. The van der Waals surface area contributed by atoms with Crippen LogP contribution in [0.2, 0.25) is 0 Å². The number of nitrogens with zero attached hydrogens (tertiary/aromatic N) is 1. The maximum atomic E-state index is 11.7. The summed E-state index contributed by atoms with van der Waals surface area (Å²) < 4.78 is 0.987. The van der Waals surface area contributed by atoms with Crippen molar-refractivity contribution in [2.24, 2.45) is 0 Å². The van der Waals surface area contributed by atoms with E-state index in [-0.39, 0.29) is 6.03 Å². The predicted molar refractivity (Wildman–Crippen MR) is 76.0 cm³/mol. The zero-order valence-electron chi connectivity index (χ0n) is 8.85. The number of halogens is 1. The fourth-order valence-electron chi connectivity index (χ4n) is 1.27. The molecule has 0 radical (unpaired) electrons. The lowest BCUT2D eigenvalue weighted by atomic mass is 10.3. The highest BCUT2D eigenvalue weighted by atomic mass is 127. The second-order valence-corrected chi connectivity index (χ2v) is 4.44. The fourth-order valence-corrected chi connectivity index (χ4v) is 1.79. The number of carbonyl (C=O) groups excluding carboxylic acids is 1. The van der Waals surface area contributed by atoms with Gasteiger partial charge in [-0.2, -0.15) is 0 Å². The molecule has 86 valence electrons. The molecule has 1 heterocycles. The van der Waals surface area contributed by atoms with Gasteiger partial charge in [0.2, 0.25) is 0 Å². The van der Waals surface area contributed by atoms with E-state index in [0.29, 0.717) is 5.82 Å². The molecular weight excluding hydrogens is 329 g/mol. The summed E-state index contributed by atoms with van der Waals surface area (Å²) in [7, 11) is 0. The summed E-state index contributed by atoms with van der Waals surface area (Å²) >= 11 is 2.17. The van der Waals surface area contributed by atoms with Gasteiger partial charge in [-0.05, 0) is 46.9 Å². The van der Waals surface area contributed by atoms with Gasteiger partial charge in [0.1, 0.15) is 5.82 Å². The molecule has 0 spiro atoms. The molecule has 0 aliphatic heterocycles. The van der Waals surface area contributed by atoms with Gasteiger partial charge < -0.3 is 5.32 Å². The van der Waals surface area contributed by atoms with E-state index in [0.717, 1.165) is 9.26 Å². The minimum atomic E-state index is -0.298. The van der Waals surface area contributed by atoms with Crippen molar-refractivity contribution in [3.8, 4) is 0 Å². The van der Waals surface area contributed by atoms with E-state index in [2.05, 4.69) is 38.2 Å². The van der Waals surface area contributed by atoms with E-state index < -0.39 is 0 Å². The predicted octanol–water partition coefficient (Wildman–Crippen LogP) is 3.33. The Kier molecular flexibility index (Phi) is 3.92. The summed E-state index contributed by atoms with van der Waals surface area (Å²) in [5.74, 6) is 0.524. The lowest BCUT2D eigenvalue weighted by molar-refractivity contribution is 0.262. The second kappa shape index (κ2) is 5.62. The molecule has 0 bridgehead atoms. The molecule has 0 fully saturated rings. The lowest BCUT2D eigenvalue weighted by Gasteiger charge is -2.08. The number of hydrogen-bond donors (Lipinski definition) is 2. The van der Waals surface area contributed by atoms with Crippen LogP contribution in [0.5, 0.6) is 0 Å². The molecular formula is C12H10IN3O. The van der Waals surface area contributed by atoms with Crippen LogP contribution in [0.1, 0.15) is 0 Å². The Hall–Kier alpha value is -1.63. The SMILES string of the molecule is O=C(Nc1ccccn1)Nc1ccccc1I. The molecule has 0 saturated carbocycles. The van der Waals surface area contributed by atoms with Crippen LogP contribution in [0.4, 0.5) is 16.3 Å². The third-order valence-corrected chi connectivity index (χ3v) is 2.97. The summed E-state index contributed by atoms with van der Waals surface area (Å²) in [4.78, 5) is 15.7. The molecule has 2 N–H and O–H groups in total. The smallest absolute Gasteiger partial charge is 0.307 e. The van der Waals surface area contributed by atoms with Gasteiger partial charge in [0.15, 0.2) is 0 Å². The topological polar surface area (TPSA) is 54.0 Å². The van der Waals surface area contributed by atoms with Crippen LogP contribution in [0, 0.1) is 3.57 Å². The van der Waals surface area contributed by atoms with Crippen LogP contribution in [0.3, 0.4) is 0 Å². The van der Waals surface area contributed by atoms with Crippen molar-refractivity contribution in [3.63, 3.8) is 0 Å². The summed E-state index contributed by atoms with van der Waals surface area (Å²) in [5, 5.41) is 5.41. The number of anilines is 2. The average molecular weight is 339 g/mol. The van der Waals surface area contributed by atoms with Gasteiger partial charge in [0, 0.05) is 9.77 Å². The highest BCUT2D eigenvalue weighted by molar-refractivity contribution is 14.1. The van der Waals surface area contributed by atoms with Crippen molar-refractivity contribution in [1.82, 2.24) is 4.98 Å². The number of aromatic nitrogens is 1. The molecule has 0 saturated heterocycles. The van der Waals surface area contributed by atoms with Crippen LogP contribution >= 0.6 is 22.6 Å². The van der Waals surface area contributed by atoms with E-state index in [1.165, 1.54) is 0 Å². The number of amides is 2. The van der Waals surface area contributed by atoms with Gasteiger partial charge in [-0.15, -0.1) is 0 Å². The number of carbonyl (C=O) groups is 1. The maximum Gasteiger partial charge on any atom is 0.324 e. The Morgan fingerprint density at radius 3 is 2.53 bits per heavy atom. The Morgan fingerprint density at radius 1 is 1.06 bits per heavy atom. The molecule has 17 heavy (non-hydrogen) atoms. The normalized spacial score (nSPS) is 9.71. The van der Waals surface area contributed by atoms with Gasteiger partial charge in [0.05, 0.1) is 5.69 Å². The summed E-state index contributed by atoms with van der Waals surface area (Å²) in [5.41, 5.74) is 0.779. The Bertz CT molecular complexity index is 516. The number of para-hydroxylation sites is 1. The molecule has 2 amide bonds. The fraction of sp³-hybridized carbons (Fsp3) is 0. The maximum absolute atomic E-state index is 11.7. The van der Waals surface area contributed by atoms with Gasteiger partial charge in [-0.25, -0.2) is 9.78 Å². The largest absolute Gasteiger partial charge is 0.324 e. The first-order valence-corrected chi connectivity index (χ1v) is 6.07. The van der Waals surface area contributed by atoms with Crippen molar-refractivity contribution >= 4 is 40.1 Å². The Labute approximate surface area is 113 Å². The number of rotatable bonds is 2. The van der Waals surface area contributed by atoms with E-state index in [1.54, 1.807) is 18.3 Å². The number of pyridine rings is 1. The van der Waals surface area contributed by atoms with Crippen LogP contribution in [-0.4, -0.2) is 11.0 Å². The van der Waals surface area contributed by atoms with Crippen molar-refractivity contribution in [2.75, 3.05) is 10.6 Å². The number of urea groups is 1. The molecule has 0 aliphatic carbocycles. The van der Waals surface area contributed by atoms with Crippen LogP contribution < -0.4 is 10.6 Å². The molecule has 0 aliphatic rings. The third kappa shape index (κ3) is 3.42. The molecule has 4 nitrogen and oxygen atoms in total. The minimum Gasteiger partial charge on any atom is -0.307 e. The molecule has 0 atom stereocenters. The van der Waals surface area contributed by atoms with Crippen LogP contribution in [0.15, 0.2) is 48.7 Å². The Morgan fingerprint density at radius 2 is 1.82 bits per heavy atom. The number of benzene rings is 1. The quantitative estimate of drug-likeness (QED) is 0.825. The van der Waals surface area contributed by atoms with Gasteiger partial charge in [-0.1, -0.05) is 18.2 Å². The van der Waals surface area contributed by atoms with E-state index >= 15 is 0 Å². The summed E-state index contributed by atoms with van der Waals surface area (Å²) in [6, 6.07) is 12.6. The first kappa shape index (κ1) is 11.8. The molecule has 1 aromatic carbocycles.